The molecule has 0 bridgehead atoms. The van der Waals surface area contributed by atoms with E-state index in [4.69, 9.17) is 23.1 Å². The molecule has 1 aliphatic carbocycles. The molecule has 62 heavy (non-hydrogen) atoms. The van der Waals surface area contributed by atoms with E-state index >= 15 is 0 Å². The normalized spacial score (nSPS) is 11.5. The van der Waals surface area contributed by atoms with Crippen LogP contribution in [0, 0.1) is 5.82 Å². The van der Waals surface area contributed by atoms with Crippen LogP contribution in [0.3, 0.4) is 0 Å². The number of anilines is 3. The lowest BCUT2D eigenvalue weighted by Crippen LogP contribution is -2.06. The molecule has 334 valence electrons. The van der Waals surface area contributed by atoms with Crippen molar-refractivity contribution in [3.05, 3.63) is 149 Å². The van der Waals surface area contributed by atoms with Crippen molar-refractivity contribution in [1.82, 2.24) is 39.9 Å². The van der Waals surface area contributed by atoms with E-state index in [0.717, 1.165) is 45.1 Å². The lowest BCUT2D eigenvalue weighted by atomic mass is 10.1. The van der Waals surface area contributed by atoms with Crippen molar-refractivity contribution in [2.75, 3.05) is 16.8 Å². The second kappa shape index (κ2) is 28.1. The van der Waals surface area contributed by atoms with E-state index in [2.05, 4.69) is 114 Å². The second-order valence-electron chi connectivity index (χ2n) is 16.5. The zero-order valence-corrected chi connectivity index (χ0v) is 39.5. The maximum absolute atomic E-state index is 12.8. The summed E-state index contributed by atoms with van der Waals surface area (Å²) in [7, 11) is 0. The van der Waals surface area contributed by atoms with Crippen LogP contribution in [0.2, 0.25) is 5.02 Å². The number of nitrogen functional groups attached to an aromatic ring is 2. The summed E-state index contributed by atoms with van der Waals surface area (Å²) in [5.74, 6) is 3.37. The molecule has 0 aromatic carbocycles. The molecule has 0 atom stereocenters. The number of halogens is 2. The van der Waals surface area contributed by atoms with Gasteiger partial charge in [0.1, 0.15) is 5.82 Å². The van der Waals surface area contributed by atoms with Crippen LogP contribution in [0.1, 0.15) is 166 Å². The molecule has 0 unspecified atom stereocenters. The summed E-state index contributed by atoms with van der Waals surface area (Å²) in [6.07, 6.45) is 13.0. The summed E-state index contributed by atoms with van der Waals surface area (Å²) in [5, 5.41) is 4.05. The maximum Gasteiger partial charge on any atom is 0.223 e. The lowest BCUT2D eigenvalue weighted by Gasteiger charge is -2.06. The average Bonchev–Trinajstić information content (AvgIpc) is 4.07. The zero-order chi connectivity index (χ0) is 46.2. The molecule has 1 fully saturated rings. The molecule has 6 heterocycles. The maximum atomic E-state index is 12.8. The summed E-state index contributed by atoms with van der Waals surface area (Å²) >= 11 is 5.86. The van der Waals surface area contributed by atoms with Gasteiger partial charge in [-0.25, -0.2) is 24.3 Å². The van der Waals surface area contributed by atoms with E-state index in [1.165, 1.54) is 18.9 Å². The van der Waals surface area contributed by atoms with Gasteiger partial charge >= 0.3 is 0 Å². The molecular weight excluding hydrogens is 797 g/mol. The van der Waals surface area contributed by atoms with Crippen molar-refractivity contribution in [2.45, 2.75) is 137 Å². The molecule has 11 nitrogen and oxygen atoms in total. The third-order valence-corrected chi connectivity index (χ3v) is 9.15. The molecule has 1 saturated carbocycles. The predicted molar refractivity (Wildman–Crippen MR) is 256 cm³/mol. The summed E-state index contributed by atoms with van der Waals surface area (Å²) in [6, 6.07) is 20.9. The highest BCUT2D eigenvalue weighted by atomic mass is 35.5. The minimum atomic E-state index is -0.211. The fourth-order valence-corrected chi connectivity index (χ4v) is 5.50. The fourth-order valence-electron chi connectivity index (χ4n) is 5.16. The van der Waals surface area contributed by atoms with E-state index in [0.29, 0.717) is 47.3 Å². The molecule has 0 spiro atoms. The number of nitrogens with one attached hydrogen (secondary N) is 1. The van der Waals surface area contributed by atoms with E-state index in [1.807, 2.05) is 80.8 Å². The molecule has 7 rings (SSSR count). The molecule has 13 heteroatoms. The number of hydrogen-bond acceptors (Lipinski definition) is 11. The van der Waals surface area contributed by atoms with Crippen molar-refractivity contribution in [3.63, 3.8) is 0 Å². The monoisotopic (exact) mass is 866 g/mol. The van der Waals surface area contributed by atoms with E-state index in [-0.39, 0.29) is 11.7 Å². The first-order valence-corrected chi connectivity index (χ1v) is 21.8. The van der Waals surface area contributed by atoms with Crippen molar-refractivity contribution in [3.8, 4) is 0 Å². The molecule has 0 radical (unpaired) electrons. The van der Waals surface area contributed by atoms with E-state index in [1.54, 1.807) is 30.9 Å². The molecule has 0 aliphatic heterocycles. The summed E-state index contributed by atoms with van der Waals surface area (Å²) in [6.45, 7) is 24.9. The number of pyridine rings is 4. The SMILES string of the molecule is CC(C)c1ccccn1.CC(C)c1ccnc(N)n1.CC(C)c1ccnc(NC2CC2)n1.CC(C)c1ncccc1Cl.CC(C)c1ncccc1F.CC(C)c1ncccc1N. The Hall–Kier alpha value is -5.62. The van der Waals surface area contributed by atoms with Crippen LogP contribution in [-0.2, 0) is 0 Å². The molecule has 0 amide bonds. The van der Waals surface area contributed by atoms with Gasteiger partial charge in [0.25, 0.3) is 0 Å². The van der Waals surface area contributed by atoms with Crippen molar-refractivity contribution < 1.29 is 4.39 Å². The number of rotatable bonds is 8. The highest BCUT2D eigenvalue weighted by Crippen LogP contribution is 2.24. The first-order chi connectivity index (χ1) is 29.4. The average molecular weight is 867 g/mol. The van der Waals surface area contributed by atoms with Gasteiger partial charge in [0.15, 0.2) is 0 Å². The van der Waals surface area contributed by atoms with Crippen LogP contribution < -0.4 is 16.8 Å². The highest BCUT2D eigenvalue weighted by Gasteiger charge is 2.22. The van der Waals surface area contributed by atoms with Gasteiger partial charge in [0, 0.05) is 60.3 Å². The van der Waals surface area contributed by atoms with Crippen LogP contribution in [0.25, 0.3) is 0 Å². The molecule has 6 aromatic rings. The predicted octanol–water partition coefficient (Wildman–Crippen LogP) is 12.6. The van der Waals surface area contributed by atoms with E-state index in [9.17, 15) is 4.39 Å². The molecule has 6 aromatic heterocycles. The Balaban J connectivity index is 0.000000257. The van der Waals surface area contributed by atoms with E-state index < -0.39 is 0 Å². The van der Waals surface area contributed by atoms with Gasteiger partial charge in [-0.1, -0.05) is 101 Å². The largest absolute Gasteiger partial charge is 0.397 e. The molecular formula is C49H69ClFN11. The third kappa shape index (κ3) is 20.8. The van der Waals surface area contributed by atoms with Crippen LogP contribution in [0.5, 0.6) is 0 Å². The quantitative estimate of drug-likeness (QED) is 0.133. The van der Waals surface area contributed by atoms with Gasteiger partial charge in [0.2, 0.25) is 11.9 Å². The Morgan fingerprint density at radius 3 is 1.39 bits per heavy atom. The molecule has 5 N–H and O–H groups in total. The second-order valence-corrected chi connectivity index (χ2v) is 16.9. The minimum absolute atomic E-state index is 0.168. The number of nitrogens with zero attached hydrogens (tertiary/aromatic N) is 8. The first kappa shape index (κ1) is 52.5. The van der Waals surface area contributed by atoms with Gasteiger partial charge in [-0.2, -0.15) is 0 Å². The van der Waals surface area contributed by atoms with Crippen LogP contribution in [-0.4, -0.2) is 45.9 Å². The van der Waals surface area contributed by atoms with Crippen LogP contribution in [0.15, 0.2) is 104 Å². The Morgan fingerprint density at radius 1 is 0.500 bits per heavy atom. The number of nitrogens with two attached hydrogens (primary N) is 2. The smallest absolute Gasteiger partial charge is 0.223 e. The Bertz CT molecular complexity index is 2010. The van der Waals surface area contributed by atoms with Gasteiger partial charge in [-0.3, -0.25) is 19.9 Å². The fraction of sp³-hybridized carbons (Fsp3) is 0.429. The summed E-state index contributed by atoms with van der Waals surface area (Å²) < 4.78 is 12.8. The van der Waals surface area contributed by atoms with Gasteiger partial charge in [0.05, 0.1) is 27.8 Å². The lowest BCUT2D eigenvalue weighted by molar-refractivity contribution is 0.584. The summed E-state index contributed by atoms with van der Waals surface area (Å²) in [5.41, 5.74) is 17.6. The standard InChI is InChI=1S/C10H15N3.C8H10ClN.C8H10FN.C8H12N2.C8H11N.C7H11N3/c1-7(2)9-5-6-11-10(13-9)12-8-3-4-8;3*1-6(2)8-7(9)4-3-5-10-8;1-7(2)8-5-3-4-6-9-8;1-5(2)6-3-4-9-7(8)10-6/h5-8H,3-4H2,1-2H3,(H,11,12,13);2*3-6H,1-2H3;3-6H,9H2,1-2H3;3-7H,1-2H3;3-5H,1-2H3,(H2,8,9,10). The Kier molecular flexibility index (Phi) is 23.8. The minimum Gasteiger partial charge on any atom is -0.397 e. The van der Waals surface area contributed by atoms with Crippen molar-refractivity contribution in [1.29, 1.82) is 0 Å². The van der Waals surface area contributed by atoms with Gasteiger partial charge in [-0.15, -0.1) is 0 Å². The molecule has 0 saturated heterocycles. The van der Waals surface area contributed by atoms with Crippen molar-refractivity contribution >= 4 is 29.2 Å². The molecule has 1 aliphatic rings. The van der Waals surface area contributed by atoms with Gasteiger partial charge in [-0.05, 0) is 109 Å². The third-order valence-electron chi connectivity index (χ3n) is 8.83. The summed E-state index contributed by atoms with van der Waals surface area (Å²) in [4.78, 5) is 32.8. The van der Waals surface area contributed by atoms with Crippen LogP contribution >= 0.6 is 11.6 Å². The highest BCUT2D eigenvalue weighted by molar-refractivity contribution is 6.31. The number of aromatic nitrogens is 8. The number of hydrogen-bond donors (Lipinski definition) is 3. The Labute approximate surface area is 375 Å². The Morgan fingerprint density at radius 2 is 1.00 bits per heavy atom. The topological polar surface area (TPSA) is 167 Å². The van der Waals surface area contributed by atoms with Crippen LogP contribution in [0.4, 0.5) is 22.0 Å². The zero-order valence-electron chi connectivity index (χ0n) is 38.8. The van der Waals surface area contributed by atoms with Gasteiger partial charge < -0.3 is 16.8 Å². The first-order valence-electron chi connectivity index (χ1n) is 21.4. The van der Waals surface area contributed by atoms with Crippen molar-refractivity contribution in [2.24, 2.45) is 0 Å².